The highest BCUT2D eigenvalue weighted by Gasteiger charge is 2.43. The monoisotopic (exact) mass is 269 g/mol. The molecule has 1 unspecified atom stereocenters. The molecule has 19 heavy (non-hydrogen) atoms. The highest BCUT2D eigenvalue weighted by Crippen LogP contribution is 2.44. The predicted octanol–water partition coefficient (Wildman–Crippen LogP) is 4.39. The molecule has 0 aromatic heterocycles. The molecule has 2 nitrogen and oxygen atoms in total. The maximum Gasteiger partial charge on any atom is 0.0831 e. The minimum absolute atomic E-state index is 0.0511. The fraction of sp³-hybridized carbons (Fsp3) is 1.00. The molecule has 1 atom stereocenters. The first kappa shape index (κ1) is 17.0. The van der Waals surface area contributed by atoms with E-state index in [4.69, 9.17) is 4.74 Å². The van der Waals surface area contributed by atoms with Crippen molar-refractivity contribution in [3.05, 3.63) is 0 Å². The van der Waals surface area contributed by atoms with Gasteiger partial charge >= 0.3 is 0 Å². The Morgan fingerprint density at radius 3 is 2.00 bits per heavy atom. The Morgan fingerprint density at radius 1 is 1.11 bits per heavy atom. The SMILES string of the molecule is CNC(CCC(C)(C)C)C1(OC)CCC(C)(C)CC1. The van der Waals surface area contributed by atoms with Crippen molar-refractivity contribution >= 4 is 0 Å². The van der Waals surface area contributed by atoms with Crippen LogP contribution in [0.15, 0.2) is 0 Å². The number of hydrogen-bond acceptors (Lipinski definition) is 2. The van der Waals surface area contributed by atoms with Gasteiger partial charge in [0.15, 0.2) is 0 Å². The van der Waals surface area contributed by atoms with Gasteiger partial charge in [0.25, 0.3) is 0 Å². The van der Waals surface area contributed by atoms with Crippen LogP contribution in [0.5, 0.6) is 0 Å². The van der Waals surface area contributed by atoms with Crippen LogP contribution >= 0.6 is 0 Å². The number of methoxy groups -OCH3 is 1. The van der Waals surface area contributed by atoms with Crippen LogP contribution in [0.1, 0.15) is 73.1 Å². The van der Waals surface area contributed by atoms with E-state index in [1.807, 2.05) is 7.11 Å². The van der Waals surface area contributed by atoms with Gasteiger partial charge in [0.1, 0.15) is 0 Å². The minimum atomic E-state index is 0.0511. The summed E-state index contributed by atoms with van der Waals surface area (Å²) in [5.74, 6) is 0. The van der Waals surface area contributed by atoms with Crippen molar-refractivity contribution in [2.75, 3.05) is 14.2 Å². The highest BCUT2D eigenvalue weighted by molar-refractivity contribution is 4.98. The lowest BCUT2D eigenvalue weighted by molar-refractivity contribution is -0.0879. The first-order valence-electron chi connectivity index (χ1n) is 7.87. The number of hydrogen-bond donors (Lipinski definition) is 1. The number of rotatable bonds is 5. The first-order valence-corrected chi connectivity index (χ1v) is 7.87. The van der Waals surface area contributed by atoms with Crippen LogP contribution in [0.2, 0.25) is 0 Å². The zero-order chi connectivity index (χ0) is 14.7. The van der Waals surface area contributed by atoms with Gasteiger partial charge in [-0.25, -0.2) is 0 Å². The molecule has 1 fully saturated rings. The van der Waals surface area contributed by atoms with E-state index in [9.17, 15) is 0 Å². The molecule has 114 valence electrons. The van der Waals surface area contributed by atoms with Gasteiger partial charge in [-0.2, -0.15) is 0 Å². The van der Waals surface area contributed by atoms with Gasteiger partial charge in [-0.05, 0) is 56.4 Å². The summed E-state index contributed by atoms with van der Waals surface area (Å²) in [5.41, 5.74) is 0.942. The molecule has 0 aromatic carbocycles. The average Bonchev–Trinajstić information content (AvgIpc) is 2.30. The summed E-state index contributed by atoms with van der Waals surface area (Å²) in [6, 6.07) is 0.479. The summed E-state index contributed by atoms with van der Waals surface area (Å²) in [5, 5.41) is 3.54. The third-order valence-corrected chi connectivity index (χ3v) is 5.02. The summed E-state index contributed by atoms with van der Waals surface area (Å²) in [7, 11) is 3.99. The van der Waals surface area contributed by atoms with Crippen LogP contribution in [-0.2, 0) is 4.74 Å². The molecule has 0 saturated heterocycles. The largest absolute Gasteiger partial charge is 0.377 e. The van der Waals surface area contributed by atoms with E-state index < -0.39 is 0 Å². The van der Waals surface area contributed by atoms with E-state index in [1.165, 1.54) is 38.5 Å². The van der Waals surface area contributed by atoms with Crippen molar-refractivity contribution in [2.45, 2.75) is 84.8 Å². The van der Waals surface area contributed by atoms with Gasteiger partial charge < -0.3 is 10.1 Å². The molecule has 0 amide bonds. The normalized spacial score (nSPS) is 24.2. The Hall–Kier alpha value is -0.0800. The molecule has 0 bridgehead atoms. The Morgan fingerprint density at radius 2 is 1.63 bits per heavy atom. The summed E-state index contributed by atoms with van der Waals surface area (Å²) in [6.07, 6.45) is 7.36. The molecule has 1 saturated carbocycles. The van der Waals surface area contributed by atoms with Crippen LogP contribution in [-0.4, -0.2) is 25.8 Å². The Labute approximate surface area is 120 Å². The smallest absolute Gasteiger partial charge is 0.0831 e. The molecule has 1 N–H and O–H groups in total. The molecule has 0 aliphatic heterocycles. The number of nitrogens with one attached hydrogen (secondary N) is 1. The second-order valence-corrected chi connectivity index (χ2v) is 8.37. The van der Waals surface area contributed by atoms with Crippen molar-refractivity contribution in [1.29, 1.82) is 0 Å². The van der Waals surface area contributed by atoms with Crippen molar-refractivity contribution < 1.29 is 4.74 Å². The van der Waals surface area contributed by atoms with Crippen molar-refractivity contribution in [3.63, 3.8) is 0 Å². The first-order chi connectivity index (χ1) is 8.64. The maximum absolute atomic E-state index is 6.03. The quantitative estimate of drug-likeness (QED) is 0.799. The van der Waals surface area contributed by atoms with Gasteiger partial charge in [0, 0.05) is 13.2 Å². The lowest BCUT2D eigenvalue weighted by atomic mass is 9.67. The summed E-state index contributed by atoms with van der Waals surface area (Å²) >= 11 is 0. The van der Waals surface area contributed by atoms with Crippen molar-refractivity contribution in [3.8, 4) is 0 Å². The average molecular weight is 269 g/mol. The summed E-state index contributed by atoms with van der Waals surface area (Å²) in [4.78, 5) is 0. The van der Waals surface area contributed by atoms with E-state index in [1.54, 1.807) is 0 Å². The van der Waals surface area contributed by atoms with Crippen LogP contribution in [0.3, 0.4) is 0 Å². The van der Waals surface area contributed by atoms with Gasteiger partial charge in [-0.3, -0.25) is 0 Å². The molecular weight excluding hydrogens is 234 g/mol. The topological polar surface area (TPSA) is 21.3 Å². The molecule has 1 aliphatic rings. The lowest BCUT2D eigenvalue weighted by Gasteiger charge is -2.47. The van der Waals surface area contributed by atoms with Crippen LogP contribution in [0.25, 0.3) is 0 Å². The predicted molar refractivity (Wildman–Crippen MR) is 83.5 cm³/mol. The molecule has 0 aromatic rings. The second kappa shape index (κ2) is 6.13. The van der Waals surface area contributed by atoms with E-state index in [-0.39, 0.29) is 5.60 Å². The summed E-state index contributed by atoms with van der Waals surface area (Å²) < 4.78 is 6.03. The third-order valence-electron chi connectivity index (χ3n) is 5.02. The molecule has 2 heteroatoms. The second-order valence-electron chi connectivity index (χ2n) is 8.37. The molecule has 1 rings (SSSR count). The van der Waals surface area contributed by atoms with Crippen LogP contribution in [0.4, 0.5) is 0 Å². The Bertz CT molecular complexity index is 267. The summed E-state index contributed by atoms with van der Waals surface area (Å²) in [6.45, 7) is 11.7. The van der Waals surface area contributed by atoms with Crippen molar-refractivity contribution in [1.82, 2.24) is 5.32 Å². The molecule has 0 spiro atoms. The zero-order valence-electron chi connectivity index (χ0n) is 14.2. The Balaban J connectivity index is 2.70. The maximum atomic E-state index is 6.03. The molecule has 1 aliphatic carbocycles. The fourth-order valence-electron chi connectivity index (χ4n) is 3.29. The Kier molecular flexibility index (Phi) is 5.48. The molecular formula is C17H35NO. The van der Waals surface area contributed by atoms with Crippen LogP contribution in [0, 0.1) is 10.8 Å². The van der Waals surface area contributed by atoms with E-state index in [0.717, 1.165) is 0 Å². The van der Waals surface area contributed by atoms with Gasteiger partial charge in [-0.15, -0.1) is 0 Å². The third kappa shape index (κ3) is 4.75. The standard InChI is InChI=1S/C17H35NO/c1-15(2,3)9-8-14(18-6)17(19-7)12-10-16(4,5)11-13-17/h14,18H,8-13H2,1-7H3. The number of likely N-dealkylation sites (N-methyl/N-ethyl adjacent to an activating group) is 1. The van der Waals surface area contributed by atoms with Gasteiger partial charge in [-0.1, -0.05) is 34.6 Å². The number of ether oxygens (including phenoxy) is 1. The molecule has 0 heterocycles. The molecule has 0 radical (unpaired) electrons. The van der Waals surface area contributed by atoms with Crippen molar-refractivity contribution in [2.24, 2.45) is 10.8 Å². The zero-order valence-corrected chi connectivity index (χ0v) is 14.2. The lowest BCUT2D eigenvalue weighted by Crippen LogP contribution is -2.54. The van der Waals surface area contributed by atoms with E-state index >= 15 is 0 Å². The minimum Gasteiger partial charge on any atom is -0.377 e. The van der Waals surface area contributed by atoms with Crippen LogP contribution < -0.4 is 5.32 Å². The van der Waals surface area contributed by atoms with E-state index in [0.29, 0.717) is 16.9 Å². The fourth-order valence-corrected chi connectivity index (χ4v) is 3.29. The van der Waals surface area contributed by atoms with Gasteiger partial charge in [0.2, 0.25) is 0 Å². The highest BCUT2D eigenvalue weighted by atomic mass is 16.5. The van der Waals surface area contributed by atoms with Gasteiger partial charge in [0.05, 0.1) is 5.60 Å². The van der Waals surface area contributed by atoms with E-state index in [2.05, 4.69) is 47.0 Å².